The first-order valence-corrected chi connectivity index (χ1v) is 10.5. The monoisotopic (exact) mass is 433 g/mol. The number of benzene rings is 2. The van der Waals surface area contributed by atoms with Gasteiger partial charge in [0.1, 0.15) is 5.52 Å². The number of fused-ring (bicyclic) bond motifs is 1. The summed E-state index contributed by atoms with van der Waals surface area (Å²) < 4.78 is 13.6. The Morgan fingerprint density at radius 3 is 2.28 bits per heavy atom. The van der Waals surface area contributed by atoms with Crippen LogP contribution in [0.15, 0.2) is 65.7 Å². The van der Waals surface area contributed by atoms with E-state index in [0.717, 1.165) is 11.3 Å². The summed E-state index contributed by atoms with van der Waals surface area (Å²) in [6.07, 6.45) is 2.48. The third kappa shape index (κ3) is 4.11. The molecule has 0 saturated heterocycles. The number of methoxy groups -OCH3 is 2. The highest BCUT2D eigenvalue weighted by molar-refractivity contribution is 5.65. The van der Waals surface area contributed by atoms with E-state index in [1.54, 1.807) is 55.4 Å². The van der Waals surface area contributed by atoms with Gasteiger partial charge in [0.15, 0.2) is 11.5 Å². The number of hydrogen-bond donors (Lipinski definition) is 1. The maximum Gasteiger partial charge on any atom is 0.276 e. The minimum Gasteiger partial charge on any atom is -0.493 e. The van der Waals surface area contributed by atoms with E-state index in [1.165, 1.54) is 10.1 Å². The van der Waals surface area contributed by atoms with Gasteiger partial charge in [0, 0.05) is 18.0 Å². The molecule has 0 radical (unpaired) electrons. The number of ether oxygens (including phenoxy) is 2. The quantitative estimate of drug-likeness (QED) is 0.476. The Bertz CT molecular complexity index is 1290. The topological polar surface area (TPSA) is 78.0 Å². The molecule has 4 aromatic rings. The molecular formula is C25H27N3O4. The van der Waals surface area contributed by atoms with Crippen molar-refractivity contribution in [3.63, 3.8) is 0 Å². The fourth-order valence-electron chi connectivity index (χ4n) is 3.70. The van der Waals surface area contributed by atoms with Crippen molar-refractivity contribution in [1.29, 1.82) is 0 Å². The average molecular weight is 434 g/mol. The Hall–Kier alpha value is -3.58. The van der Waals surface area contributed by atoms with Gasteiger partial charge in [0.25, 0.3) is 5.56 Å². The highest BCUT2D eigenvalue weighted by Gasteiger charge is 2.15. The summed E-state index contributed by atoms with van der Waals surface area (Å²) in [7, 11) is 3.10. The van der Waals surface area contributed by atoms with Crippen molar-refractivity contribution < 1.29 is 14.6 Å². The van der Waals surface area contributed by atoms with E-state index in [2.05, 4.69) is 31.1 Å². The van der Waals surface area contributed by atoms with Crippen molar-refractivity contribution >= 4 is 5.52 Å². The molecule has 7 nitrogen and oxygen atoms in total. The third-order valence-corrected chi connectivity index (χ3v) is 5.64. The zero-order valence-electron chi connectivity index (χ0n) is 18.6. The molecule has 2 aromatic heterocycles. The lowest BCUT2D eigenvalue weighted by atomic mass is 10.0. The first-order chi connectivity index (χ1) is 15.4. The van der Waals surface area contributed by atoms with Crippen molar-refractivity contribution in [2.45, 2.75) is 32.4 Å². The predicted molar refractivity (Wildman–Crippen MR) is 123 cm³/mol. The summed E-state index contributed by atoms with van der Waals surface area (Å²) in [5.74, 6) is 1.56. The fraction of sp³-hybridized carbons (Fsp3) is 0.280. The van der Waals surface area contributed by atoms with Gasteiger partial charge < -0.3 is 19.1 Å². The van der Waals surface area contributed by atoms with Crippen molar-refractivity contribution in [3.8, 4) is 22.8 Å². The maximum atomic E-state index is 13.1. The second-order valence-electron chi connectivity index (χ2n) is 8.02. The van der Waals surface area contributed by atoms with Crippen molar-refractivity contribution in [3.05, 3.63) is 82.4 Å². The van der Waals surface area contributed by atoms with E-state index < -0.39 is 6.10 Å². The highest BCUT2D eigenvalue weighted by atomic mass is 16.5. The van der Waals surface area contributed by atoms with Crippen molar-refractivity contribution in [2.75, 3.05) is 14.2 Å². The Labute approximate surface area is 186 Å². The fourth-order valence-corrected chi connectivity index (χ4v) is 3.70. The molecule has 0 aliphatic carbocycles. The number of aliphatic hydroxyl groups excluding tert-OH is 1. The Kier molecular flexibility index (Phi) is 6.01. The number of aromatic nitrogens is 3. The minimum absolute atomic E-state index is 0.106. The maximum absolute atomic E-state index is 13.1. The Morgan fingerprint density at radius 2 is 1.62 bits per heavy atom. The number of aliphatic hydroxyl groups is 1. The van der Waals surface area contributed by atoms with Crippen LogP contribution in [0.1, 0.15) is 37.0 Å². The Morgan fingerprint density at radius 1 is 0.938 bits per heavy atom. The summed E-state index contributed by atoms with van der Waals surface area (Å²) in [6.45, 7) is 4.41. The molecule has 0 aliphatic rings. The van der Waals surface area contributed by atoms with Gasteiger partial charge in [-0.25, -0.2) is 4.52 Å². The number of nitrogens with zero attached hydrogens (tertiary/aromatic N) is 3. The van der Waals surface area contributed by atoms with Crippen LogP contribution in [0.3, 0.4) is 0 Å². The Balaban J connectivity index is 1.62. The van der Waals surface area contributed by atoms with Gasteiger partial charge in [0.05, 0.1) is 32.6 Å². The summed E-state index contributed by atoms with van der Waals surface area (Å²) in [5.41, 5.74) is 3.81. The van der Waals surface area contributed by atoms with Crippen LogP contribution in [0.4, 0.5) is 0 Å². The van der Waals surface area contributed by atoms with Gasteiger partial charge in [-0.1, -0.05) is 44.2 Å². The van der Waals surface area contributed by atoms with Crippen molar-refractivity contribution in [1.82, 2.24) is 14.2 Å². The molecule has 0 saturated carbocycles. The van der Waals surface area contributed by atoms with Gasteiger partial charge in [-0.2, -0.15) is 5.10 Å². The largest absolute Gasteiger partial charge is 0.493 e. The molecule has 0 spiro atoms. The molecule has 1 atom stereocenters. The van der Waals surface area contributed by atoms with Crippen LogP contribution in [0.25, 0.3) is 16.8 Å². The standard InChI is InChI=1S/C25H27N3O4/c1-16(2)17-5-7-18(8-6-17)20-14-21-25(30)27(11-12-28(21)26-20)15-22(29)19-9-10-23(31-3)24(13-19)32-4/h5-14,16,22,29H,15H2,1-4H3. The van der Waals surface area contributed by atoms with E-state index in [4.69, 9.17) is 9.47 Å². The van der Waals surface area contributed by atoms with E-state index in [9.17, 15) is 9.90 Å². The van der Waals surface area contributed by atoms with E-state index in [0.29, 0.717) is 28.5 Å². The summed E-state index contributed by atoms with van der Waals surface area (Å²) in [5, 5.41) is 15.3. The lowest BCUT2D eigenvalue weighted by molar-refractivity contribution is 0.154. The minimum atomic E-state index is -0.888. The summed E-state index contributed by atoms with van der Waals surface area (Å²) in [4.78, 5) is 13.1. The predicted octanol–water partition coefficient (Wildman–Crippen LogP) is 4.04. The zero-order chi connectivity index (χ0) is 22.8. The molecule has 1 unspecified atom stereocenters. The smallest absolute Gasteiger partial charge is 0.276 e. The second kappa shape index (κ2) is 8.88. The number of rotatable bonds is 7. The van der Waals surface area contributed by atoms with Gasteiger partial charge in [-0.15, -0.1) is 0 Å². The van der Waals surface area contributed by atoms with Crippen LogP contribution in [-0.4, -0.2) is 33.5 Å². The summed E-state index contributed by atoms with van der Waals surface area (Å²) >= 11 is 0. The lowest BCUT2D eigenvalue weighted by Crippen LogP contribution is -2.24. The molecule has 0 bridgehead atoms. The highest BCUT2D eigenvalue weighted by Crippen LogP contribution is 2.30. The van der Waals surface area contributed by atoms with Crippen LogP contribution in [0.2, 0.25) is 0 Å². The SMILES string of the molecule is COc1ccc(C(O)Cn2ccn3nc(-c4ccc(C(C)C)cc4)cc3c2=O)cc1OC. The normalized spacial score (nSPS) is 12.3. The van der Waals surface area contributed by atoms with E-state index >= 15 is 0 Å². The molecule has 166 valence electrons. The van der Waals surface area contributed by atoms with Crippen LogP contribution in [0, 0.1) is 0 Å². The van der Waals surface area contributed by atoms with Crippen LogP contribution in [-0.2, 0) is 6.54 Å². The zero-order valence-corrected chi connectivity index (χ0v) is 18.6. The van der Waals surface area contributed by atoms with E-state index in [1.807, 2.05) is 12.1 Å². The molecule has 0 fully saturated rings. The van der Waals surface area contributed by atoms with Crippen LogP contribution >= 0.6 is 0 Å². The molecule has 7 heteroatoms. The molecular weight excluding hydrogens is 406 g/mol. The lowest BCUT2D eigenvalue weighted by Gasteiger charge is -2.15. The van der Waals surface area contributed by atoms with Gasteiger partial charge in [0.2, 0.25) is 0 Å². The first kappa shape index (κ1) is 21.6. The van der Waals surface area contributed by atoms with Crippen molar-refractivity contribution in [2.24, 2.45) is 0 Å². The average Bonchev–Trinajstić information content (AvgIpc) is 3.25. The molecule has 2 heterocycles. The molecule has 32 heavy (non-hydrogen) atoms. The molecule has 0 aliphatic heterocycles. The van der Waals surface area contributed by atoms with Gasteiger partial charge >= 0.3 is 0 Å². The first-order valence-electron chi connectivity index (χ1n) is 10.5. The van der Waals surface area contributed by atoms with Gasteiger partial charge in [-0.3, -0.25) is 4.79 Å². The van der Waals surface area contributed by atoms with E-state index in [-0.39, 0.29) is 12.1 Å². The third-order valence-electron chi connectivity index (χ3n) is 5.64. The molecule has 1 N–H and O–H groups in total. The second-order valence-corrected chi connectivity index (χ2v) is 8.02. The summed E-state index contributed by atoms with van der Waals surface area (Å²) in [6, 6.07) is 15.2. The van der Waals surface area contributed by atoms with Gasteiger partial charge in [-0.05, 0) is 35.2 Å². The van der Waals surface area contributed by atoms with Crippen LogP contribution in [0.5, 0.6) is 11.5 Å². The van der Waals surface area contributed by atoms with Crippen LogP contribution < -0.4 is 15.0 Å². The number of hydrogen-bond acceptors (Lipinski definition) is 5. The molecule has 4 rings (SSSR count). The molecule has 2 aromatic carbocycles. The molecule has 0 amide bonds.